The van der Waals surface area contributed by atoms with Crippen LogP contribution in [0.4, 0.5) is 0 Å². The van der Waals surface area contributed by atoms with Crippen molar-refractivity contribution in [1.82, 2.24) is 10.3 Å². The van der Waals surface area contributed by atoms with E-state index >= 15 is 0 Å². The molecule has 1 aromatic rings. The Morgan fingerprint density at radius 1 is 1.44 bits per heavy atom. The molecule has 2 atom stereocenters. The average Bonchev–Trinajstić information content (AvgIpc) is 2.40. The van der Waals surface area contributed by atoms with Gasteiger partial charge in [0.15, 0.2) is 0 Å². The normalized spacial score (nSPS) is 23.7. The third-order valence-corrected chi connectivity index (χ3v) is 3.99. The molecule has 0 aromatic carbocycles. The molecule has 1 aliphatic carbocycles. The van der Waals surface area contributed by atoms with Crippen LogP contribution in [0.3, 0.4) is 0 Å². The summed E-state index contributed by atoms with van der Waals surface area (Å²) in [4.78, 5) is 16.2. The molecule has 0 bridgehead atoms. The Morgan fingerprint density at radius 3 is 2.89 bits per heavy atom. The number of carbonyl (C=O) groups excluding carboxylic acids is 1. The summed E-state index contributed by atoms with van der Waals surface area (Å²) in [5.74, 6) is 0.990. The minimum atomic E-state index is -0.0375. The van der Waals surface area contributed by atoms with Gasteiger partial charge in [-0.15, -0.1) is 11.6 Å². The van der Waals surface area contributed by atoms with Crippen LogP contribution in [0.15, 0.2) is 18.3 Å². The van der Waals surface area contributed by atoms with Crippen molar-refractivity contribution in [2.75, 3.05) is 5.88 Å². The van der Waals surface area contributed by atoms with E-state index in [4.69, 9.17) is 11.6 Å². The molecule has 0 radical (unpaired) electrons. The van der Waals surface area contributed by atoms with Crippen LogP contribution in [0.5, 0.6) is 0 Å². The highest BCUT2D eigenvalue weighted by atomic mass is 35.5. The first kappa shape index (κ1) is 13.3. The van der Waals surface area contributed by atoms with Crippen LogP contribution in [0.1, 0.15) is 41.7 Å². The number of hydrogen-bond acceptors (Lipinski definition) is 2. The third kappa shape index (κ3) is 3.22. The standard InChI is InChI=1S/C14H19ClN2O/c1-10-6-7-12(9-16-10)14(18)17-13-5-3-2-4-11(13)8-15/h6-7,9,11,13H,2-5,8H2,1H3,(H,17,18). The highest BCUT2D eigenvalue weighted by Gasteiger charge is 2.25. The molecule has 4 heteroatoms. The van der Waals surface area contributed by atoms with Crippen LogP contribution >= 0.6 is 11.6 Å². The third-order valence-electron chi connectivity index (χ3n) is 3.60. The Hall–Kier alpha value is -1.09. The molecule has 1 N–H and O–H groups in total. The fraction of sp³-hybridized carbons (Fsp3) is 0.571. The number of carbonyl (C=O) groups is 1. The smallest absolute Gasteiger partial charge is 0.253 e. The van der Waals surface area contributed by atoms with Crippen molar-refractivity contribution >= 4 is 17.5 Å². The van der Waals surface area contributed by atoms with Gasteiger partial charge in [0.2, 0.25) is 0 Å². The summed E-state index contributed by atoms with van der Waals surface area (Å²) in [5.41, 5.74) is 1.54. The molecule has 1 fully saturated rings. The van der Waals surface area contributed by atoms with E-state index < -0.39 is 0 Å². The lowest BCUT2D eigenvalue weighted by molar-refractivity contribution is 0.0911. The Bertz CT molecular complexity index is 405. The Balaban J connectivity index is 1.99. The predicted molar refractivity (Wildman–Crippen MR) is 72.9 cm³/mol. The zero-order valence-electron chi connectivity index (χ0n) is 10.7. The number of rotatable bonds is 3. The predicted octanol–water partition coefficient (Wildman–Crippen LogP) is 2.92. The van der Waals surface area contributed by atoms with E-state index in [1.54, 1.807) is 6.20 Å². The molecule has 1 saturated carbocycles. The van der Waals surface area contributed by atoms with Crippen molar-refractivity contribution < 1.29 is 4.79 Å². The van der Waals surface area contributed by atoms with Gasteiger partial charge in [-0.25, -0.2) is 0 Å². The molecule has 2 unspecified atom stereocenters. The first-order valence-electron chi connectivity index (χ1n) is 6.50. The second-order valence-electron chi connectivity index (χ2n) is 4.97. The molecule has 0 aliphatic heterocycles. The number of alkyl halides is 1. The number of halogens is 1. The molecule has 2 rings (SSSR count). The molecule has 1 heterocycles. The summed E-state index contributed by atoms with van der Waals surface area (Å²) in [7, 11) is 0. The maximum atomic E-state index is 12.1. The molecule has 18 heavy (non-hydrogen) atoms. The lowest BCUT2D eigenvalue weighted by atomic mass is 9.85. The average molecular weight is 267 g/mol. The number of amides is 1. The summed E-state index contributed by atoms with van der Waals surface area (Å²) in [6.07, 6.45) is 6.16. The largest absolute Gasteiger partial charge is 0.349 e. The molecular formula is C14H19ClN2O. The summed E-state index contributed by atoms with van der Waals surface area (Å²) in [5, 5.41) is 3.09. The number of aromatic nitrogens is 1. The second-order valence-corrected chi connectivity index (χ2v) is 5.28. The van der Waals surface area contributed by atoms with Crippen LogP contribution in [0, 0.1) is 12.8 Å². The molecule has 3 nitrogen and oxygen atoms in total. The first-order valence-corrected chi connectivity index (χ1v) is 7.03. The zero-order valence-corrected chi connectivity index (χ0v) is 11.4. The molecule has 1 amide bonds. The van der Waals surface area contributed by atoms with Gasteiger partial charge >= 0.3 is 0 Å². The van der Waals surface area contributed by atoms with E-state index in [0.29, 0.717) is 17.4 Å². The number of aryl methyl sites for hydroxylation is 1. The van der Waals surface area contributed by atoms with Gasteiger partial charge in [-0.2, -0.15) is 0 Å². The van der Waals surface area contributed by atoms with Gasteiger partial charge < -0.3 is 5.32 Å². The van der Waals surface area contributed by atoms with E-state index in [1.165, 1.54) is 12.8 Å². The van der Waals surface area contributed by atoms with Gasteiger partial charge in [0.25, 0.3) is 5.91 Å². The van der Waals surface area contributed by atoms with E-state index in [1.807, 2.05) is 19.1 Å². The number of nitrogens with one attached hydrogen (secondary N) is 1. The summed E-state index contributed by atoms with van der Waals surface area (Å²) in [6.45, 7) is 1.91. The molecule has 1 aromatic heterocycles. The maximum Gasteiger partial charge on any atom is 0.253 e. The summed E-state index contributed by atoms with van der Waals surface area (Å²) < 4.78 is 0. The van der Waals surface area contributed by atoms with Crippen LogP contribution in [-0.4, -0.2) is 22.8 Å². The van der Waals surface area contributed by atoms with Crippen molar-refractivity contribution in [2.24, 2.45) is 5.92 Å². The van der Waals surface area contributed by atoms with E-state index in [9.17, 15) is 4.79 Å². The Morgan fingerprint density at radius 2 is 2.22 bits per heavy atom. The van der Waals surface area contributed by atoms with E-state index in [-0.39, 0.29) is 11.9 Å². The van der Waals surface area contributed by atoms with Gasteiger partial charge in [0.1, 0.15) is 0 Å². The fourth-order valence-electron chi connectivity index (χ4n) is 2.44. The van der Waals surface area contributed by atoms with E-state index in [0.717, 1.165) is 18.5 Å². The van der Waals surface area contributed by atoms with Crippen molar-refractivity contribution in [2.45, 2.75) is 38.6 Å². The lowest BCUT2D eigenvalue weighted by Crippen LogP contribution is -2.42. The van der Waals surface area contributed by atoms with Crippen molar-refractivity contribution in [1.29, 1.82) is 0 Å². The van der Waals surface area contributed by atoms with Gasteiger partial charge in [0.05, 0.1) is 5.56 Å². The maximum absolute atomic E-state index is 12.1. The number of hydrogen-bond donors (Lipinski definition) is 1. The monoisotopic (exact) mass is 266 g/mol. The number of nitrogens with zero attached hydrogens (tertiary/aromatic N) is 1. The lowest BCUT2D eigenvalue weighted by Gasteiger charge is -2.30. The molecule has 0 saturated heterocycles. The fourth-order valence-corrected chi connectivity index (χ4v) is 2.81. The quantitative estimate of drug-likeness (QED) is 0.855. The second kappa shape index (κ2) is 6.19. The van der Waals surface area contributed by atoms with Crippen molar-refractivity contribution in [3.8, 4) is 0 Å². The van der Waals surface area contributed by atoms with Crippen LogP contribution in [-0.2, 0) is 0 Å². The van der Waals surface area contributed by atoms with Crippen LogP contribution in [0.25, 0.3) is 0 Å². The topological polar surface area (TPSA) is 42.0 Å². The molecule has 1 aliphatic rings. The summed E-state index contributed by atoms with van der Waals surface area (Å²) in [6, 6.07) is 3.88. The van der Waals surface area contributed by atoms with Gasteiger partial charge in [0, 0.05) is 23.8 Å². The van der Waals surface area contributed by atoms with Gasteiger partial charge in [-0.05, 0) is 37.8 Å². The van der Waals surface area contributed by atoms with Crippen LogP contribution < -0.4 is 5.32 Å². The molecule has 0 spiro atoms. The highest BCUT2D eigenvalue weighted by molar-refractivity contribution is 6.18. The first-order chi connectivity index (χ1) is 8.70. The molecular weight excluding hydrogens is 248 g/mol. The Labute approximate surface area is 113 Å². The van der Waals surface area contributed by atoms with Crippen molar-refractivity contribution in [3.05, 3.63) is 29.6 Å². The van der Waals surface area contributed by atoms with E-state index in [2.05, 4.69) is 10.3 Å². The zero-order chi connectivity index (χ0) is 13.0. The summed E-state index contributed by atoms with van der Waals surface area (Å²) >= 11 is 5.96. The molecule has 98 valence electrons. The number of pyridine rings is 1. The Kier molecular flexibility index (Phi) is 4.59. The van der Waals surface area contributed by atoms with Crippen molar-refractivity contribution in [3.63, 3.8) is 0 Å². The highest BCUT2D eigenvalue weighted by Crippen LogP contribution is 2.25. The SMILES string of the molecule is Cc1ccc(C(=O)NC2CCCCC2CCl)cn1. The van der Waals surface area contributed by atoms with Gasteiger partial charge in [-0.1, -0.05) is 12.8 Å². The van der Waals surface area contributed by atoms with Gasteiger partial charge in [-0.3, -0.25) is 9.78 Å². The minimum Gasteiger partial charge on any atom is -0.349 e. The minimum absolute atomic E-state index is 0.0375. The van der Waals surface area contributed by atoms with Crippen LogP contribution in [0.2, 0.25) is 0 Å².